The van der Waals surface area contributed by atoms with Crippen molar-refractivity contribution in [1.29, 1.82) is 0 Å². The van der Waals surface area contributed by atoms with E-state index in [1.54, 1.807) is 6.92 Å². The van der Waals surface area contributed by atoms with Crippen molar-refractivity contribution in [2.24, 2.45) is 0 Å². The SMILES string of the molecule is CCCCCCC(CC(C)O)NC(=O)OCCCN(CC)CC. The van der Waals surface area contributed by atoms with E-state index in [9.17, 15) is 9.90 Å². The molecule has 0 aliphatic carbocycles. The highest BCUT2D eigenvalue weighted by Gasteiger charge is 2.15. The molecule has 0 saturated heterocycles. The van der Waals surface area contributed by atoms with Gasteiger partial charge in [0.1, 0.15) is 0 Å². The molecule has 0 bridgehead atoms. The Kier molecular flexibility index (Phi) is 14.2. The number of hydrogen-bond acceptors (Lipinski definition) is 4. The van der Waals surface area contributed by atoms with Crippen LogP contribution in [0.25, 0.3) is 0 Å². The van der Waals surface area contributed by atoms with Crippen molar-refractivity contribution in [3.63, 3.8) is 0 Å². The largest absolute Gasteiger partial charge is 0.450 e. The molecular formula is C18H38N2O3. The minimum Gasteiger partial charge on any atom is -0.450 e. The molecule has 0 heterocycles. The third kappa shape index (κ3) is 13.3. The molecule has 1 amide bonds. The lowest BCUT2D eigenvalue weighted by Crippen LogP contribution is -2.37. The lowest BCUT2D eigenvalue weighted by molar-refractivity contribution is 0.125. The smallest absolute Gasteiger partial charge is 0.407 e. The second-order valence-electron chi connectivity index (χ2n) is 6.29. The Balaban J connectivity index is 3.96. The Morgan fingerprint density at radius 2 is 1.83 bits per heavy atom. The Morgan fingerprint density at radius 1 is 1.13 bits per heavy atom. The fourth-order valence-corrected chi connectivity index (χ4v) is 2.68. The lowest BCUT2D eigenvalue weighted by Gasteiger charge is -2.20. The number of nitrogens with zero attached hydrogens (tertiary/aromatic N) is 1. The Bertz CT molecular complexity index is 281. The van der Waals surface area contributed by atoms with Gasteiger partial charge in [-0.25, -0.2) is 4.79 Å². The molecule has 5 heteroatoms. The van der Waals surface area contributed by atoms with Gasteiger partial charge in [0.25, 0.3) is 0 Å². The zero-order valence-corrected chi connectivity index (χ0v) is 15.6. The van der Waals surface area contributed by atoms with Crippen LogP contribution in [0.15, 0.2) is 0 Å². The molecular weight excluding hydrogens is 292 g/mol. The molecule has 0 rings (SSSR count). The topological polar surface area (TPSA) is 61.8 Å². The zero-order valence-electron chi connectivity index (χ0n) is 15.6. The van der Waals surface area contributed by atoms with E-state index in [1.807, 2.05) is 0 Å². The van der Waals surface area contributed by atoms with E-state index in [0.717, 1.165) is 38.9 Å². The van der Waals surface area contributed by atoms with E-state index < -0.39 is 6.10 Å². The van der Waals surface area contributed by atoms with Gasteiger partial charge in [0.2, 0.25) is 0 Å². The van der Waals surface area contributed by atoms with E-state index >= 15 is 0 Å². The van der Waals surface area contributed by atoms with Crippen molar-refractivity contribution in [3.8, 4) is 0 Å². The van der Waals surface area contributed by atoms with E-state index in [2.05, 4.69) is 31.0 Å². The second-order valence-corrected chi connectivity index (χ2v) is 6.29. The van der Waals surface area contributed by atoms with Crippen LogP contribution in [-0.2, 0) is 4.74 Å². The summed E-state index contributed by atoms with van der Waals surface area (Å²) in [6.45, 7) is 11.7. The highest BCUT2D eigenvalue weighted by molar-refractivity contribution is 5.67. The Labute approximate surface area is 142 Å². The maximum absolute atomic E-state index is 11.9. The van der Waals surface area contributed by atoms with Gasteiger partial charge in [-0.3, -0.25) is 0 Å². The van der Waals surface area contributed by atoms with Crippen LogP contribution in [0.1, 0.15) is 72.6 Å². The van der Waals surface area contributed by atoms with Crippen LogP contribution in [0, 0.1) is 0 Å². The average molecular weight is 331 g/mol. The molecule has 0 radical (unpaired) electrons. The summed E-state index contributed by atoms with van der Waals surface area (Å²) < 4.78 is 5.26. The number of aliphatic hydroxyl groups excluding tert-OH is 1. The van der Waals surface area contributed by atoms with Gasteiger partial charge in [-0.1, -0.05) is 46.5 Å². The summed E-state index contributed by atoms with van der Waals surface area (Å²) in [5, 5.41) is 12.5. The molecule has 0 saturated carbocycles. The van der Waals surface area contributed by atoms with Crippen molar-refractivity contribution in [2.75, 3.05) is 26.2 Å². The summed E-state index contributed by atoms with van der Waals surface area (Å²) in [7, 11) is 0. The number of carbonyl (C=O) groups is 1. The number of rotatable bonds is 14. The Morgan fingerprint density at radius 3 is 2.39 bits per heavy atom. The minimum atomic E-state index is -0.408. The van der Waals surface area contributed by atoms with Gasteiger partial charge in [-0.15, -0.1) is 0 Å². The predicted molar refractivity (Wildman–Crippen MR) is 95.7 cm³/mol. The molecule has 0 spiro atoms. The van der Waals surface area contributed by atoms with Gasteiger partial charge in [-0.05, 0) is 39.3 Å². The summed E-state index contributed by atoms with van der Waals surface area (Å²) in [4.78, 5) is 14.2. The van der Waals surface area contributed by atoms with Crippen LogP contribution >= 0.6 is 0 Å². The van der Waals surface area contributed by atoms with Crippen LogP contribution in [0.4, 0.5) is 4.79 Å². The number of amides is 1. The van der Waals surface area contributed by atoms with Crippen molar-refractivity contribution in [3.05, 3.63) is 0 Å². The molecule has 0 aromatic heterocycles. The zero-order chi connectivity index (χ0) is 17.5. The number of unbranched alkanes of at least 4 members (excludes halogenated alkanes) is 3. The summed E-state index contributed by atoms with van der Waals surface area (Å²) >= 11 is 0. The first kappa shape index (κ1) is 22.2. The summed E-state index contributed by atoms with van der Waals surface area (Å²) in [5.74, 6) is 0. The standard InChI is InChI=1S/C18H38N2O3/c1-5-8-9-10-12-17(15-16(4)21)19-18(22)23-14-11-13-20(6-2)7-3/h16-17,21H,5-15H2,1-4H3,(H,19,22). The highest BCUT2D eigenvalue weighted by atomic mass is 16.5. The van der Waals surface area contributed by atoms with Crippen molar-refractivity contribution >= 4 is 6.09 Å². The number of aliphatic hydroxyl groups is 1. The number of nitrogens with one attached hydrogen (secondary N) is 1. The van der Waals surface area contributed by atoms with Gasteiger partial charge in [-0.2, -0.15) is 0 Å². The first-order valence-electron chi connectivity index (χ1n) is 9.37. The number of ether oxygens (including phenoxy) is 1. The van der Waals surface area contributed by atoms with Gasteiger partial charge >= 0.3 is 6.09 Å². The second kappa shape index (κ2) is 14.8. The van der Waals surface area contributed by atoms with Gasteiger partial charge in [0.15, 0.2) is 0 Å². The van der Waals surface area contributed by atoms with Crippen molar-refractivity contribution in [2.45, 2.75) is 84.8 Å². The molecule has 0 aromatic rings. The Hall–Kier alpha value is -0.810. The molecule has 138 valence electrons. The summed E-state index contributed by atoms with van der Waals surface area (Å²) in [5.41, 5.74) is 0. The minimum absolute atomic E-state index is 0.00198. The first-order valence-corrected chi connectivity index (χ1v) is 9.37. The predicted octanol–water partition coefficient (Wildman–Crippen LogP) is 3.55. The molecule has 0 aliphatic rings. The number of carbonyl (C=O) groups excluding carboxylic acids is 1. The van der Waals surface area contributed by atoms with E-state index in [4.69, 9.17) is 4.74 Å². The number of alkyl carbamates (subject to hydrolysis) is 1. The third-order valence-corrected chi connectivity index (χ3v) is 4.10. The van der Waals surface area contributed by atoms with Crippen molar-refractivity contribution in [1.82, 2.24) is 10.2 Å². The summed E-state index contributed by atoms with van der Waals surface area (Å²) in [6, 6.07) is 0.00198. The molecule has 23 heavy (non-hydrogen) atoms. The van der Waals surface area contributed by atoms with E-state index in [0.29, 0.717) is 13.0 Å². The van der Waals surface area contributed by atoms with Gasteiger partial charge < -0.3 is 20.1 Å². The quantitative estimate of drug-likeness (QED) is 0.478. The third-order valence-electron chi connectivity index (χ3n) is 4.10. The summed E-state index contributed by atoms with van der Waals surface area (Å²) in [6.07, 6.45) is 6.24. The molecule has 0 aromatic carbocycles. The van der Waals surface area contributed by atoms with Gasteiger partial charge in [0.05, 0.1) is 12.7 Å². The monoisotopic (exact) mass is 330 g/mol. The van der Waals surface area contributed by atoms with Crippen LogP contribution in [0.2, 0.25) is 0 Å². The fraction of sp³-hybridized carbons (Fsp3) is 0.944. The van der Waals surface area contributed by atoms with Crippen molar-refractivity contribution < 1.29 is 14.6 Å². The highest BCUT2D eigenvalue weighted by Crippen LogP contribution is 2.10. The van der Waals surface area contributed by atoms with E-state index in [1.165, 1.54) is 19.3 Å². The van der Waals surface area contributed by atoms with Crippen LogP contribution < -0.4 is 5.32 Å². The van der Waals surface area contributed by atoms with Crippen LogP contribution in [0.3, 0.4) is 0 Å². The molecule has 0 fully saturated rings. The van der Waals surface area contributed by atoms with Gasteiger partial charge in [0, 0.05) is 12.6 Å². The normalized spacial score (nSPS) is 13.8. The average Bonchev–Trinajstić information content (AvgIpc) is 2.51. The molecule has 2 N–H and O–H groups in total. The molecule has 0 aliphatic heterocycles. The molecule has 2 atom stereocenters. The maximum atomic E-state index is 11.9. The fourth-order valence-electron chi connectivity index (χ4n) is 2.68. The molecule has 2 unspecified atom stereocenters. The van der Waals surface area contributed by atoms with E-state index in [-0.39, 0.29) is 12.1 Å². The lowest BCUT2D eigenvalue weighted by atomic mass is 10.0. The van der Waals surface area contributed by atoms with Crippen LogP contribution in [0.5, 0.6) is 0 Å². The number of hydrogen-bond donors (Lipinski definition) is 2. The molecule has 5 nitrogen and oxygen atoms in total. The maximum Gasteiger partial charge on any atom is 0.407 e. The first-order chi connectivity index (χ1) is 11.0. The van der Waals surface area contributed by atoms with Crippen LogP contribution in [-0.4, -0.2) is 54.5 Å².